The zero-order chi connectivity index (χ0) is 10.5. The quantitative estimate of drug-likeness (QED) is 0.373. The summed E-state index contributed by atoms with van der Waals surface area (Å²) in [7, 11) is 0. The molecule has 0 bridgehead atoms. The van der Waals surface area contributed by atoms with Crippen molar-refractivity contribution in [2.75, 3.05) is 0 Å². The lowest BCUT2D eigenvalue weighted by Crippen LogP contribution is -1.67. The molecule has 14 heavy (non-hydrogen) atoms. The van der Waals surface area contributed by atoms with Gasteiger partial charge < -0.3 is 0 Å². The number of hydrogen-bond donors (Lipinski definition) is 0. The Hall–Kier alpha value is -0.780. The van der Waals surface area contributed by atoms with Crippen LogP contribution in [0.4, 0.5) is 0 Å². The minimum absolute atomic E-state index is 1.16. The van der Waals surface area contributed by atoms with Gasteiger partial charge in [0.15, 0.2) is 0 Å². The monoisotopic (exact) mass is 192 g/mol. The molecule has 0 unspecified atom stereocenters. The van der Waals surface area contributed by atoms with Crippen LogP contribution in [-0.2, 0) is 0 Å². The fourth-order valence-corrected chi connectivity index (χ4v) is 1.19. The Labute approximate surface area is 89.4 Å². The molecule has 0 N–H and O–H groups in total. The van der Waals surface area contributed by atoms with Gasteiger partial charge in [-0.1, -0.05) is 50.3 Å². The standard InChI is InChI=1S/C14H24/c1-3-5-7-9-11-13-14-12-10-8-6-4-2/h5-8,13-14H,3-4,9-12H2,1-2H3/b7-5-,8-6-,14-13-. The van der Waals surface area contributed by atoms with Crippen LogP contribution in [-0.4, -0.2) is 0 Å². The van der Waals surface area contributed by atoms with E-state index >= 15 is 0 Å². The lowest BCUT2D eigenvalue weighted by atomic mass is 10.2. The summed E-state index contributed by atoms with van der Waals surface area (Å²) in [4.78, 5) is 0. The summed E-state index contributed by atoms with van der Waals surface area (Å²) < 4.78 is 0. The van der Waals surface area contributed by atoms with Crippen LogP contribution in [0.1, 0.15) is 52.4 Å². The van der Waals surface area contributed by atoms with Crippen LogP contribution < -0.4 is 0 Å². The molecule has 0 saturated heterocycles. The van der Waals surface area contributed by atoms with Gasteiger partial charge in [-0.15, -0.1) is 0 Å². The molecule has 0 amide bonds. The summed E-state index contributed by atoms with van der Waals surface area (Å²) in [6.07, 6.45) is 20.7. The summed E-state index contributed by atoms with van der Waals surface area (Å²) in [6, 6.07) is 0. The Morgan fingerprint density at radius 1 is 0.500 bits per heavy atom. The smallest absolute Gasteiger partial charge is 0.0316 e. The fourth-order valence-electron chi connectivity index (χ4n) is 1.19. The molecule has 0 aromatic rings. The molecule has 0 radical (unpaired) electrons. The second-order valence-electron chi connectivity index (χ2n) is 3.39. The first-order valence-corrected chi connectivity index (χ1v) is 5.86. The fraction of sp³-hybridized carbons (Fsp3) is 0.571. The predicted octanol–water partition coefficient (Wildman–Crippen LogP) is 5.04. The summed E-state index contributed by atoms with van der Waals surface area (Å²) in [5, 5.41) is 0. The molecular formula is C14H24. The first-order valence-electron chi connectivity index (χ1n) is 5.86. The molecule has 0 atom stereocenters. The Morgan fingerprint density at radius 2 is 0.786 bits per heavy atom. The molecule has 0 aliphatic carbocycles. The molecule has 0 aromatic carbocycles. The summed E-state index contributed by atoms with van der Waals surface area (Å²) in [5.74, 6) is 0. The number of unbranched alkanes of at least 4 members (excludes halogenated alkanes) is 2. The van der Waals surface area contributed by atoms with Crippen molar-refractivity contribution < 1.29 is 0 Å². The molecule has 0 aliphatic rings. The Morgan fingerprint density at radius 3 is 1.07 bits per heavy atom. The molecular weight excluding hydrogens is 168 g/mol. The van der Waals surface area contributed by atoms with E-state index in [4.69, 9.17) is 0 Å². The SMILES string of the molecule is CC/C=C\CC/C=C\CC/C=C\CC. The van der Waals surface area contributed by atoms with E-state index in [1.165, 1.54) is 25.7 Å². The first-order chi connectivity index (χ1) is 6.91. The van der Waals surface area contributed by atoms with Crippen LogP contribution >= 0.6 is 0 Å². The predicted molar refractivity (Wildman–Crippen MR) is 66.5 cm³/mol. The van der Waals surface area contributed by atoms with E-state index in [9.17, 15) is 0 Å². The Balaban J connectivity index is 3.19. The highest BCUT2D eigenvalue weighted by Crippen LogP contribution is 1.98. The van der Waals surface area contributed by atoms with E-state index in [1.807, 2.05) is 0 Å². The second kappa shape index (κ2) is 12.2. The molecule has 0 nitrogen and oxygen atoms in total. The summed E-state index contributed by atoms with van der Waals surface area (Å²) >= 11 is 0. The van der Waals surface area contributed by atoms with Gasteiger partial charge in [0.05, 0.1) is 0 Å². The maximum atomic E-state index is 2.29. The van der Waals surface area contributed by atoms with Crippen molar-refractivity contribution in [3.63, 3.8) is 0 Å². The highest BCUT2D eigenvalue weighted by Gasteiger charge is 1.78. The molecule has 0 heteroatoms. The van der Waals surface area contributed by atoms with Gasteiger partial charge in [0.1, 0.15) is 0 Å². The summed E-state index contributed by atoms with van der Waals surface area (Å²) in [5.41, 5.74) is 0. The highest BCUT2D eigenvalue weighted by molar-refractivity contribution is 4.90. The van der Waals surface area contributed by atoms with Crippen LogP contribution in [0.2, 0.25) is 0 Å². The average molecular weight is 192 g/mol. The van der Waals surface area contributed by atoms with Crippen molar-refractivity contribution >= 4 is 0 Å². The van der Waals surface area contributed by atoms with Crippen LogP contribution in [0.15, 0.2) is 36.5 Å². The lowest BCUT2D eigenvalue weighted by molar-refractivity contribution is 0.994. The van der Waals surface area contributed by atoms with E-state index in [1.54, 1.807) is 0 Å². The van der Waals surface area contributed by atoms with E-state index in [2.05, 4.69) is 50.3 Å². The lowest BCUT2D eigenvalue weighted by Gasteiger charge is -1.88. The van der Waals surface area contributed by atoms with Crippen LogP contribution in [0.25, 0.3) is 0 Å². The van der Waals surface area contributed by atoms with Crippen LogP contribution in [0.3, 0.4) is 0 Å². The molecule has 0 saturated carbocycles. The van der Waals surface area contributed by atoms with Crippen LogP contribution in [0, 0.1) is 0 Å². The number of allylic oxidation sites excluding steroid dienone is 6. The van der Waals surface area contributed by atoms with E-state index in [-0.39, 0.29) is 0 Å². The topological polar surface area (TPSA) is 0 Å². The minimum atomic E-state index is 1.16. The van der Waals surface area contributed by atoms with E-state index in [0.29, 0.717) is 0 Å². The third kappa shape index (κ3) is 11.2. The average Bonchev–Trinajstić information content (AvgIpc) is 2.21. The van der Waals surface area contributed by atoms with Crippen molar-refractivity contribution in [1.82, 2.24) is 0 Å². The van der Waals surface area contributed by atoms with Crippen molar-refractivity contribution in [3.8, 4) is 0 Å². The zero-order valence-electron chi connectivity index (χ0n) is 9.71. The van der Waals surface area contributed by atoms with Gasteiger partial charge in [-0.25, -0.2) is 0 Å². The third-order valence-electron chi connectivity index (χ3n) is 1.97. The van der Waals surface area contributed by atoms with Gasteiger partial charge in [0.25, 0.3) is 0 Å². The molecule has 0 heterocycles. The molecule has 80 valence electrons. The molecule has 0 fully saturated rings. The van der Waals surface area contributed by atoms with E-state index < -0.39 is 0 Å². The number of rotatable bonds is 8. The van der Waals surface area contributed by atoms with Gasteiger partial charge in [-0.2, -0.15) is 0 Å². The van der Waals surface area contributed by atoms with Crippen molar-refractivity contribution in [2.45, 2.75) is 52.4 Å². The van der Waals surface area contributed by atoms with Crippen molar-refractivity contribution in [1.29, 1.82) is 0 Å². The maximum absolute atomic E-state index is 2.29. The minimum Gasteiger partial charge on any atom is -0.0888 e. The normalized spacial score (nSPS) is 12.4. The van der Waals surface area contributed by atoms with Crippen molar-refractivity contribution in [2.24, 2.45) is 0 Å². The van der Waals surface area contributed by atoms with Crippen LogP contribution in [0.5, 0.6) is 0 Å². The molecule has 0 aromatic heterocycles. The summed E-state index contributed by atoms with van der Waals surface area (Å²) in [6.45, 7) is 4.35. The Bertz CT molecular complexity index is 152. The van der Waals surface area contributed by atoms with Gasteiger partial charge in [-0.3, -0.25) is 0 Å². The zero-order valence-corrected chi connectivity index (χ0v) is 9.71. The Kier molecular flexibility index (Phi) is 11.5. The second-order valence-corrected chi connectivity index (χ2v) is 3.39. The number of hydrogen-bond acceptors (Lipinski definition) is 0. The van der Waals surface area contributed by atoms with Crippen molar-refractivity contribution in [3.05, 3.63) is 36.5 Å². The third-order valence-corrected chi connectivity index (χ3v) is 1.97. The van der Waals surface area contributed by atoms with Gasteiger partial charge >= 0.3 is 0 Å². The maximum Gasteiger partial charge on any atom is -0.0316 e. The molecule has 0 aliphatic heterocycles. The van der Waals surface area contributed by atoms with Gasteiger partial charge in [-0.05, 0) is 38.5 Å². The van der Waals surface area contributed by atoms with Gasteiger partial charge in [0, 0.05) is 0 Å². The highest BCUT2D eigenvalue weighted by atomic mass is 13.8. The first kappa shape index (κ1) is 13.2. The largest absolute Gasteiger partial charge is 0.0888 e. The molecule has 0 rings (SSSR count). The van der Waals surface area contributed by atoms with Gasteiger partial charge in [0.2, 0.25) is 0 Å². The molecule has 0 spiro atoms. The van der Waals surface area contributed by atoms with E-state index in [0.717, 1.165) is 12.8 Å².